The summed E-state index contributed by atoms with van der Waals surface area (Å²) in [7, 11) is 1.66. The maximum Gasteiger partial charge on any atom is 0.224 e. The lowest BCUT2D eigenvalue weighted by atomic mass is 10.1. The average Bonchev–Trinajstić information content (AvgIpc) is 3.47. The van der Waals surface area contributed by atoms with Crippen molar-refractivity contribution in [3.63, 3.8) is 0 Å². The lowest BCUT2D eigenvalue weighted by Gasteiger charge is -2.08. The molecule has 0 unspecified atom stereocenters. The first-order valence-corrected chi connectivity index (χ1v) is 8.50. The highest BCUT2D eigenvalue weighted by Crippen LogP contribution is 2.47. The molecule has 126 valence electrons. The molecular formula is C21H20N2O2. The minimum Gasteiger partial charge on any atom is -0.497 e. The highest BCUT2D eigenvalue weighted by Gasteiger charge is 2.43. The Bertz CT molecular complexity index is 900. The highest BCUT2D eigenvalue weighted by molar-refractivity contribution is 5.85. The van der Waals surface area contributed by atoms with Gasteiger partial charge in [-0.3, -0.25) is 9.78 Å². The zero-order chi connectivity index (χ0) is 17.2. The molecule has 1 aromatic heterocycles. The Labute approximate surface area is 146 Å². The number of pyridine rings is 1. The molecule has 1 heterocycles. The van der Waals surface area contributed by atoms with Gasteiger partial charge in [0.25, 0.3) is 0 Å². The lowest BCUT2D eigenvalue weighted by Crippen LogP contribution is -2.25. The summed E-state index contributed by atoms with van der Waals surface area (Å²) in [6, 6.07) is 18.0. The molecule has 0 bridgehead atoms. The van der Waals surface area contributed by atoms with Gasteiger partial charge in [0.1, 0.15) is 5.75 Å². The molecule has 0 spiro atoms. The second-order valence-electron chi connectivity index (χ2n) is 6.43. The number of nitrogens with zero attached hydrogens (tertiary/aromatic N) is 1. The van der Waals surface area contributed by atoms with E-state index in [2.05, 4.69) is 10.3 Å². The first kappa shape index (κ1) is 15.6. The number of fused-ring (bicyclic) bond motifs is 1. The van der Waals surface area contributed by atoms with Gasteiger partial charge in [0, 0.05) is 24.0 Å². The normalized spacial score (nSPS) is 18.8. The summed E-state index contributed by atoms with van der Waals surface area (Å²) in [6.07, 6.45) is 2.69. The summed E-state index contributed by atoms with van der Waals surface area (Å²) < 4.78 is 5.18. The third-order valence-electron chi connectivity index (χ3n) is 4.84. The Morgan fingerprint density at radius 3 is 2.76 bits per heavy atom. The van der Waals surface area contributed by atoms with Crippen molar-refractivity contribution in [2.75, 3.05) is 7.11 Å². The summed E-state index contributed by atoms with van der Waals surface area (Å²) in [6.45, 7) is 0.513. The minimum atomic E-state index is 0.0660. The van der Waals surface area contributed by atoms with Crippen molar-refractivity contribution in [3.8, 4) is 5.75 Å². The Morgan fingerprint density at radius 2 is 1.96 bits per heavy atom. The van der Waals surface area contributed by atoms with Crippen molar-refractivity contribution >= 4 is 16.8 Å². The van der Waals surface area contributed by atoms with Gasteiger partial charge in [-0.2, -0.15) is 0 Å². The van der Waals surface area contributed by atoms with E-state index in [0.717, 1.165) is 28.6 Å². The Kier molecular flexibility index (Phi) is 4.10. The number of carbonyl (C=O) groups excluding carboxylic acids is 1. The Balaban J connectivity index is 1.39. The number of rotatable bonds is 5. The van der Waals surface area contributed by atoms with Crippen molar-refractivity contribution < 1.29 is 9.53 Å². The summed E-state index contributed by atoms with van der Waals surface area (Å²) >= 11 is 0. The molecule has 0 radical (unpaired) electrons. The largest absolute Gasteiger partial charge is 0.497 e. The van der Waals surface area contributed by atoms with Gasteiger partial charge in [0.2, 0.25) is 5.91 Å². The first-order valence-electron chi connectivity index (χ1n) is 8.50. The van der Waals surface area contributed by atoms with E-state index >= 15 is 0 Å². The van der Waals surface area contributed by atoms with E-state index in [1.165, 1.54) is 5.56 Å². The summed E-state index contributed by atoms with van der Waals surface area (Å²) in [5.74, 6) is 1.34. The number of nitrogens with one attached hydrogen (secondary N) is 1. The van der Waals surface area contributed by atoms with Gasteiger partial charge in [-0.1, -0.05) is 36.4 Å². The molecule has 1 fully saturated rings. The molecule has 0 aliphatic heterocycles. The summed E-state index contributed by atoms with van der Waals surface area (Å²) in [5, 5.41) is 4.17. The smallest absolute Gasteiger partial charge is 0.224 e. The monoisotopic (exact) mass is 332 g/mol. The summed E-state index contributed by atoms with van der Waals surface area (Å²) in [4.78, 5) is 16.9. The predicted octanol–water partition coefficient (Wildman–Crippen LogP) is 3.66. The van der Waals surface area contributed by atoms with Crippen LogP contribution in [-0.2, 0) is 11.3 Å². The topological polar surface area (TPSA) is 51.2 Å². The van der Waals surface area contributed by atoms with Crippen LogP contribution >= 0.6 is 0 Å². The molecule has 4 rings (SSSR count). The van der Waals surface area contributed by atoms with Crippen molar-refractivity contribution in [2.45, 2.75) is 18.9 Å². The molecule has 1 N–H and O–H groups in total. The van der Waals surface area contributed by atoms with Crippen molar-refractivity contribution in [1.29, 1.82) is 0 Å². The molecule has 1 saturated carbocycles. The van der Waals surface area contributed by atoms with E-state index in [1.807, 2.05) is 54.6 Å². The number of para-hydroxylation sites is 1. The second-order valence-corrected chi connectivity index (χ2v) is 6.43. The van der Waals surface area contributed by atoms with Crippen molar-refractivity contribution in [2.24, 2.45) is 5.92 Å². The molecule has 2 atom stereocenters. The predicted molar refractivity (Wildman–Crippen MR) is 97.4 cm³/mol. The first-order chi connectivity index (χ1) is 12.3. The molecule has 2 aromatic carbocycles. The van der Waals surface area contributed by atoms with Crippen LogP contribution in [0, 0.1) is 5.92 Å². The highest BCUT2D eigenvalue weighted by atomic mass is 16.5. The average molecular weight is 332 g/mol. The molecule has 3 aromatic rings. The quantitative estimate of drug-likeness (QED) is 0.776. The number of benzene rings is 2. The molecule has 1 amide bonds. The van der Waals surface area contributed by atoms with Gasteiger partial charge in [0.15, 0.2) is 0 Å². The van der Waals surface area contributed by atoms with Crippen LogP contribution in [0.15, 0.2) is 60.8 Å². The fourth-order valence-corrected chi connectivity index (χ4v) is 3.33. The van der Waals surface area contributed by atoms with Gasteiger partial charge in [-0.25, -0.2) is 0 Å². The molecule has 1 aliphatic rings. The molecule has 4 heteroatoms. The maximum absolute atomic E-state index is 12.5. The molecule has 25 heavy (non-hydrogen) atoms. The fraction of sp³-hybridized carbons (Fsp3) is 0.238. The van der Waals surface area contributed by atoms with Crippen LogP contribution in [0.3, 0.4) is 0 Å². The maximum atomic E-state index is 12.5. The Hall–Kier alpha value is -2.88. The van der Waals surface area contributed by atoms with Gasteiger partial charge in [-0.05, 0) is 41.7 Å². The van der Waals surface area contributed by atoms with E-state index in [1.54, 1.807) is 13.3 Å². The Morgan fingerprint density at radius 1 is 1.16 bits per heavy atom. The zero-order valence-corrected chi connectivity index (χ0v) is 14.1. The standard InChI is InChI=1S/C21H20N2O2/c1-25-17-9-7-14(8-10-17)18-12-19(18)21(24)23-13-16-5-2-4-15-6-3-11-22-20(15)16/h2-11,18-19H,12-13H2,1H3,(H,23,24)/t18-,19+/m1/s1. The number of carbonyl (C=O) groups is 1. The van der Waals surface area contributed by atoms with Crippen LogP contribution in [-0.4, -0.2) is 18.0 Å². The fourth-order valence-electron chi connectivity index (χ4n) is 3.33. The number of hydrogen-bond donors (Lipinski definition) is 1. The lowest BCUT2D eigenvalue weighted by molar-refractivity contribution is -0.122. The van der Waals surface area contributed by atoms with E-state index in [9.17, 15) is 4.79 Å². The van der Waals surface area contributed by atoms with Crippen LogP contribution in [0.1, 0.15) is 23.5 Å². The van der Waals surface area contributed by atoms with E-state index in [4.69, 9.17) is 4.74 Å². The van der Waals surface area contributed by atoms with Crippen LogP contribution in [0.25, 0.3) is 10.9 Å². The van der Waals surface area contributed by atoms with Crippen LogP contribution < -0.4 is 10.1 Å². The number of methoxy groups -OCH3 is 1. The van der Waals surface area contributed by atoms with Crippen LogP contribution in [0.2, 0.25) is 0 Å². The molecule has 4 nitrogen and oxygen atoms in total. The second kappa shape index (κ2) is 6.55. The summed E-state index contributed by atoms with van der Waals surface area (Å²) in [5.41, 5.74) is 3.20. The number of aromatic nitrogens is 1. The van der Waals surface area contributed by atoms with Crippen LogP contribution in [0.5, 0.6) is 5.75 Å². The molecule has 0 saturated heterocycles. The van der Waals surface area contributed by atoms with Gasteiger partial charge >= 0.3 is 0 Å². The number of amides is 1. The number of ether oxygens (including phenoxy) is 1. The number of hydrogen-bond acceptors (Lipinski definition) is 3. The molecule has 1 aliphatic carbocycles. The SMILES string of the molecule is COc1ccc([C@H]2C[C@@H]2C(=O)NCc2cccc3cccnc23)cc1. The molecular weight excluding hydrogens is 312 g/mol. The third kappa shape index (κ3) is 3.20. The minimum absolute atomic E-state index is 0.0660. The van der Waals surface area contributed by atoms with Crippen molar-refractivity contribution in [1.82, 2.24) is 10.3 Å². The van der Waals surface area contributed by atoms with E-state index in [-0.39, 0.29) is 11.8 Å². The zero-order valence-electron chi connectivity index (χ0n) is 14.1. The van der Waals surface area contributed by atoms with Gasteiger partial charge in [0.05, 0.1) is 12.6 Å². The van der Waals surface area contributed by atoms with Crippen molar-refractivity contribution in [3.05, 3.63) is 71.9 Å². The van der Waals surface area contributed by atoms with Gasteiger partial charge < -0.3 is 10.1 Å². The van der Waals surface area contributed by atoms with Gasteiger partial charge in [-0.15, -0.1) is 0 Å². The van der Waals surface area contributed by atoms with E-state index in [0.29, 0.717) is 12.5 Å². The van der Waals surface area contributed by atoms with E-state index < -0.39 is 0 Å². The third-order valence-corrected chi connectivity index (χ3v) is 4.84. The van der Waals surface area contributed by atoms with Crippen LogP contribution in [0.4, 0.5) is 0 Å².